The van der Waals surface area contributed by atoms with Crippen molar-refractivity contribution in [2.24, 2.45) is 0 Å². The van der Waals surface area contributed by atoms with E-state index in [-0.39, 0.29) is 0 Å². The zero-order valence-electron chi connectivity index (χ0n) is 10.5. The lowest BCUT2D eigenvalue weighted by molar-refractivity contribution is 0.247. The van der Waals surface area contributed by atoms with Crippen molar-refractivity contribution in [3.05, 3.63) is 53.0 Å². The smallest absolute Gasteiger partial charge is 0.133 e. The molecule has 0 radical (unpaired) electrons. The summed E-state index contributed by atoms with van der Waals surface area (Å²) >= 11 is 3.44. The van der Waals surface area contributed by atoms with Crippen LogP contribution in [0.5, 0.6) is 11.5 Å². The van der Waals surface area contributed by atoms with Crippen LogP contribution < -0.4 is 15.2 Å². The summed E-state index contributed by atoms with van der Waals surface area (Å²) in [7, 11) is 0. The summed E-state index contributed by atoms with van der Waals surface area (Å²) in [6.07, 6.45) is 0.816. The Bertz CT molecular complexity index is 531. The number of para-hydroxylation sites is 1. The van der Waals surface area contributed by atoms with Gasteiger partial charge in [0.25, 0.3) is 0 Å². The topological polar surface area (TPSA) is 44.5 Å². The van der Waals surface area contributed by atoms with E-state index < -0.39 is 0 Å². The van der Waals surface area contributed by atoms with Gasteiger partial charge >= 0.3 is 0 Å². The molecule has 0 heterocycles. The Hall–Kier alpha value is -1.68. The molecule has 19 heavy (non-hydrogen) atoms. The molecule has 0 bridgehead atoms. The van der Waals surface area contributed by atoms with E-state index >= 15 is 0 Å². The molecule has 2 rings (SSSR count). The lowest BCUT2D eigenvalue weighted by Gasteiger charge is -2.09. The Morgan fingerprint density at radius 3 is 2.53 bits per heavy atom. The van der Waals surface area contributed by atoms with E-state index in [0.717, 1.165) is 22.4 Å². The summed E-state index contributed by atoms with van der Waals surface area (Å²) in [5.41, 5.74) is 6.38. The maximum atomic E-state index is 5.67. The summed E-state index contributed by atoms with van der Waals surface area (Å²) in [6.45, 7) is 1.22. The summed E-state index contributed by atoms with van der Waals surface area (Å²) < 4.78 is 12.2. The zero-order chi connectivity index (χ0) is 13.5. The first-order chi connectivity index (χ1) is 9.25. The fourth-order valence-corrected chi connectivity index (χ4v) is 2.00. The van der Waals surface area contributed by atoms with Crippen molar-refractivity contribution in [1.82, 2.24) is 0 Å². The molecule has 4 heteroatoms. The summed E-state index contributed by atoms with van der Waals surface area (Å²) in [5.74, 6) is 1.65. The minimum absolute atomic E-state index is 0.605. The maximum Gasteiger partial charge on any atom is 0.133 e. The average Bonchev–Trinajstić information content (AvgIpc) is 2.40. The SMILES string of the molecule is Nc1cccc(OCCCOc2ccccc2Br)c1. The number of halogens is 1. The van der Waals surface area contributed by atoms with Crippen molar-refractivity contribution in [3.63, 3.8) is 0 Å². The molecule has 2 aromatic carbocycles. The molecule has 0 atom stereocenters. The van der Waals surface area contributed by atoms with Gasteiger partial charge in [0.1, 0.15) is 11.5 Å². The molecular formula is C15H16BrNO2. The number of nitrogen functional groups attached to an aromatic ring is 1. The molecule has 0 aliphatic heterocycles. The Labute approximate surface area is 121 Å². The molecule has 0 aromatic heterocycles. The Kier molecular flexibility index (Phi) is 5.10. The molecule has 3 nitrogen and oxygen atoms in total. The van der Waals surface area contributed by atoms with Gasteiger partial charge in [-0.15, -0.1) is 0 Å². The highest BCUT2D eigenvalue weighted by molar-refractivity contribution is 9.10. The van der Waals surface area contributed by atoms with Crippen LogP contribution in [0.2, 0.25) is 0 Å². The van der Waals surface area contributed by atoms with E-state index in [0.29, 0.717) is 18.9 Å². The predicted octanol–water partition coefficient (Wildman–Crippen LogP) is 3.88. The fraction of sp³-hybridized carbons (Fsp3) is 0.200. The van der Waals surface area contributed by atoms with Crippen molar-refractivity contribution in [2.75, 3.05) is 18.9 Å². The number of nitrogens with two attached hydrogens (primary N) is 1. The monoisotopic (exact) mass is 321 g/mol. The van der Waals surface area contributed by atoms with E-state index in [9.17, 15) is 0 Å². The van der Waals surface area contributed by atoms with Crippen LogP contribution in [0.25, 0.3) is 0 Å². The van der Waals surface area contributed by atoms with E-state index in [1.54, 1.807) is 0 Å². The van der Waals surface area contributed by atoms with Gasteiger partial charge in [-0.1, -0.05) is 18.2 Å². The molecule has 0 amide bonds. The number of hydrogen-bond acceptors (Lipinski definition) is 3. The van der Waals surface area contributed by atoms with Gasteiger partial charge < -0.3 is 15.2 Å². The molecule has 2 aromatic rings. The lowest BCUT2D eigenvalue weighted by Crippen LogP contribution is -2.05. The first kappa shape index (κ1) is 13.7. The van der Waals surface area contributed by atoms with E-state index in [2.05, 4.69) is 15.9 Å². The summed E-state index contributed by atoms with van der Waals surface area (Å²) in [6, 6.07) is 15.2. The first-order valence-electron chi connectivity index (χ1n) is 6.11. The van der Waals surface area contributed by atoms with Crippen molar-refractivity contribution in [2.45, 2.75) is 6.42 Å². The minimum Gasteiger partial charge on any atom is -0.493 e. The second kappa shape index (κ2) is 7.04. The van der Waals surface area contributed by atoms with E-state index in [1.807, 2.05) is 48.5 Å². The van der Waals surface area contributed by atoms with Gasteiger partial charge in [-0.3, -0.25) is 0 Å². The number of anilines is 1. The standard InChI is InChI=1S/C15H16BrNO2/c16-14-7-1-2-8-15(14)19-10-4-9-18-13-6-3-5-12(17)11-13/h1-3,5-8,11H,4,9-10,17H2. The van der Waals surface area contributed by atoms with Gasteiger partial charge in [-0.05, 0) is 40.2 Å². The van der Waals surface area contributed by atoms with Crippen LogP contribution in [0.1, 0.15) is 6.42 Å². The average molecular weight is 322 g/mol. The van der Waals surface area contributed by atoms with Gasteiger partial charge in [0.2, 0.25) is 0 Å². The van der Waals surface area contributed by atoms with Gasteiger partial charge in [0.15, 0.2) is 0 Å². The molecular weight excluding hydrogens is 306 g/mol. The minimum atomic E-state index is 0.605. The second-order valence-electron chi connectivity index (χ2n) is 4.05. The van der Waals surface area contributed by atoms with Crippen molar-refractivity contribution >= 4 is 21.6 Å². The van der Waals surface area contributed by atoms with E-state index in [1.165, 1.54) is 0 Å². The molecule has 0 aliphatic carbocycles. The highest BCUT2D eigenvalue weighted by atomic mass is 79.9. The highest BCUT2D eigenvalue weighted by Gasteiger charge is 1.99. The molecule has 0 spiro atoms. The van der Waals surface area contributed by atoms with Crippen LogP contribution in [0.4, 0.5) is 5.69 Å². The molecule has 100 valence electrons. The number of benzene rings is 2. The van der Waals surface area contributed by atoms with Gasteiger partial charge in [0, 0.05) is 18.2 Å². The highest BCUT2D eigenvalue weighted by Crippen LogP contribution is 2.23. The molecule has 0 fully saturated rings. The normalized spacial score (nSPS) is 10.2. The number of rotatable bonds is 6. The summed E-state index contributed by atoms with van der Waals surface area (Å²) in [4.78, 5) is 0. The van der Waals surface area contributed by atoms with Crippen LogP contribution in [-0.4, -0.2) is 13.2 Å². The van der Waals surface area contributed by atoms with E-state index in [4.69, 9.17) is 15.2 Å². The van der Waals surface area contributed by atoms with Crippen LogP contribution in [0.15, 0.2) is 53.0 Å². The third-order valence-electron chi connectivity index (χ3n) is 2.51. The molecule has 0 unspecified atom stereocenters. The van der Waals surface area contributed by atoms with Crippen LogP contribution in [0.3, 0.4) is 0 Å². The largest absolute Gasteiger partial charge is 0.493 e. The van der Waals surface area contributed by atoms with Crippen LogP contribution in [0, 0.1) is 0 Å². The summed E-state index contributed by atoms with van der Waals surface area (Å²) in [5, 5.41) is 0. The maximum absolute atomic E-state index is 5.67. The number of hydrogen-bond donors (Lipinski definition) is 1. The van der Waals surface area contributed by atoms with Crippen LogP contribution >= 0.6 is 15.9 Å². The van der Waals surface area contributed by atoms with Crippen molar-refractivity contribution < 1.29 is 9.47 Å². The second-order valence-corrected chi connectivity index (χ2v) is 4.91. The zero-order valence-corrected chi connectivity index (χ0v) is 12.1. The van der Waals surface area contributed by atoms with Gasteiger partial charge in [-0.25, -0.2) is 0 Å². The Morgan fingerprint density at radius 1 is 0.947 bits per heavy atom. The fourth-order valence-electron chi connectivity index (χ4n) is 1.60. The molecule has 2 N–H and O–H groups in total. The van der Waals surface area contributed by atoms with Gasteiger partial charge in [0.05, 0.1) is 17.7 Å². The Balaban J connectivity index is 1.69. The Morgan fingerprint density at radius 2 is 1.74 bits per heavy atom. The molecule has 0 aliphatic rings. The van der Waals surface area contributed by atoms with Crippen molar-refractivity contribution in [1.29, 1.82) is 0 Å². The van der Waals surface area contributed by atoms with Gasteiger partial charge in [-0.2, -0.15) is 0 Å². The first-order valence-corrected chi connectivity index (χ1v) is 6.90. The lowest BCUT2D eigenvalue weighted by atomic mass is 10.3. The molecule has 0 saturated heterocycles. The van der Waals surface area contributed by atoms with Crippen LogP contribution in [-0.2, 0) is 0 Å². The third-order valence-corrected chi connectivity index (χ3v) is 3.16. The third kappa shape index (κ3) is 4.48. The van der Waals surface area contributed by atoms with Crippen molar-refractivity contribution in [3.8, 4) is 11.5 Å². The number of ether oxygens (including phenoxy) is 2. The predicted molar refractivity (Wildman–Crippen MR) is 80.6 cm³/mol. The molecule has 0 saturated carbocycles. The quantitative estimate of drug-likeness (QED) is 0.648.